The van der Waals surface area contributed by atoms with E-state index in [1.807, 2.05) is 25.1 Å². The van der Waals surface area contributed by atoms with Gasteiger partial charge in [0.2, 0.25) is 0 Å². The number of carbonyl (C=O) groups is 2. The number of carbonyl (C=O) groups excluding carboxylic acids is 2. The van der Waals surface area contributed by atoms with E-state index in [0.717, 1.165) is 60.9 Å². The zero-order chi connectivity index (χ0) is 24.5. The molecule has 0 unspecified atom stereocenters. The number of nitrogens with one attached hydrogen (secondary N) is 3. The second-order valence-corrected chi connectivity index (χ2v) is 11.0. The highest BCUT2D eigenvalue weighted by Gasteiger charge is 2.34. The number of methoxy groups -OCH3 is 1. The third-order valence-electron chi connectivity index (χ3n) is 7.13. The molecule has 2 aliphatic rings. The van der Waals surface area contributed by atoms with E-state index in [1.165, 1.54) is 16.2 Å². The summed E-state index contributed by atoms with van der Waals surface area (Å²) in [5, 5.41) is 7.91. The van der Waals surface area contributed by atoms with Gasteiger partial charge in [-0.05, 0) is 57.4 Å². The van der Waals surface area contributed by atoms with Crippen LogP contribution in [0.5, 0.6) is 0 Å². The number of ether oxygens (including phenoxy) is 1. The second kappa shape index (κ2) is 10.1. The van der Waals surface area contributed by atoms with Gasteiger partial charge >= 0.3 is 0 Å². The number of fused-ring (bicyclic) bond motifs is 2. The van der Waals surface area contributed by atoms with Gasteiger partial charge in [0.05, 0.1) is 5.69 Å². The molecule has 0 radical (unpaired) electrons. The van der Waals surface area contributed by atoms with Gasteiger partial charge in [-0.3, -0.25) is 9.59 Å². The lowest BCUT2D eigenvalue weighted by atomic mass is 9.82. The van der Waals surface area contributed by atoms with E-state index < -0.39 is 0 Å². The molecule has 0 spiro atoms. The average molecular weight is 496 g/mol. The molecule has 35 heavy (non-hydrogen) atoms. The van der Waals surface area contributed by atoms with Crippen LogP contribution in [0.25, 0.3) is 10.9 Å². The van der Waals surface area contributed by atoms with Crippen molar-refractivity contribution in [3.05, 3.63) is 51.1 Å². The number of rotatable bonds is 6. The van der Waals surface area contributed by atoms with Crippen LogP contribution in [0.3, 0.4) is 0 Å². The van der Waals surface area contributed by atoms with Crippen molar-refractivity contribution in [2.24, 2.45) is 5.92 Å². The maximum absolute atomic E-state index is 13.2. The number of thiazole rings is 1. The molecule has 1 aliphatic carbocycles. The van der Waals surface area contributed by atoms with Crippen molar-refractivity contribution in [3.63, 3.8) is 0 Å². The Balaban J connectivity index is 1.31. The highest BCUT2D eigenvalue weighted by molar-refractivity contribution is 7.13. The lowest BCUT2D eigenvalue weighted by Crippen LogP contribution is -2.55. The Hall–Kier alpha value is -2.75. The number of aryl methyl sites for hydroxylation is 1. The Kier molecular flexibility index (Phi) is 6.91. The topological polar surface area (TPSA) is 99.3 Å². The van der Waals surface area contributed by atoms with E-state index >= 15 is 0 Å². The summed E-state index contributed by atoms with van der Waals surface area (Å²) < 4.78 is 5.39. The van der Waals surface area contributed by atoms with Crippen LogP contribution in [0.4, 0.5) is 0 Å². The van der Waals surface area contributed by atoms with Gasteiger partial charge in [-0.2, -0.15) is 0 Å². The lowest BCUT2D eigenvalue weighted by Gasteiger charge is -2.36. The minimum absolute atomic E-state index is 0.152. The number of aromatic nitrogens is 2. The van der Waals surface area contributed by atoms with E-state index in [9.17, 15) is 9.59 Å². The highest BCUT2D eigenvalue weighted by Crippen LogP contribution is 2.28. The van der Waals surface area contributed by atoms with E-state index in [4.69, 9.17) is 4.74 Å². The zero-order valence-corrected chi connectivity index (χ0v) is 21.3. The van der Waals surface area contributed by atoms with Crippen LogP contribution in [-0.2, 0) is 17.7 Å². The average Bonchev–Trinajstić information content (AvgIpc) is 3.44. The van der Waals surface area contributed by atoms with E-state index in [1.54, 1.807) is 7.11 Å². The van der Waals surface area contributed by atoms with Gasteiger partial charge in [-0.1, -0.05) is 11.6 Å². The van der Waals surface area contributed by atoms with Gasteiger partial charge in [0.1, 0.15) is 5.69 Å². The molecule has 0 bridgehead atoms. The molecule has 3 aromatic rings. The molecule has 0 saturated heterocycles. The van der Waals surface area contributed by atoms with Crippen LogP contribution in [0.1, 0.15) is 55.7 Å². The van der Waals surface area contributed by atoms with Crippen LogP contribution < -0.4 is 10.6 Å². The number of hydrogen-bond acceptors (Lipinski definition) is 6. The molecule has 1 aromatic carbocycles. The van der Waals surface area contributed by atoms with Crippen molar-refractivity contribution in [1.82, 2.24) is 25.5 Å². The third kappa shape index (κ3) is 5.27. The molecule has 2 amide bonds. The van der Waals surface area contributed by atoms with Crippen LogP contribution in [0.15, 0.2) is 24.3 Å². The minimum Gasteiger partial charge on any atom is -0.384 e. The minimum atomic E-state index is -0.185. The molecule has 186 valence electrons. The molecule has 5 rings (SSSR count). The SMILES string of the molecule is COC[C@H]1CC[C@H](NC(=O)c2cc3cc(C)ccc3[nH]2)[C@H](NC(=O)c2nc3c(s2)CN(C)CC3)C1. The smallest absolute Gasteiger partial charge is 0.280 e. The number of nitrogens with zero attached hydrogens (tertiary/aromatic N) is 2. The van der Waals surface area contributed by atoms with Crippen molar-refractivity contribution in [1.29, 1.82) is 0 Å². The summed E-state index contributed by atoms with van der Waals surface area (Å²) in [5.41, 5.74) is 3.66. The summed E-state index contributed by atoms with van der Waals surface area (Å²) in [6, 6.07) is 7.62. The van der Waals surface area contributed by atoms with Gasteiger partial charge in [-0.25, -0.2) is 4.98 Å². The Morgan fingerprint density at radius 3 is 2.86 bits per heavy atom. The van der Waals surface area contributed by atoms with Crippen LogP contribution >= 0.6 is 11.3 Å². The van der Waals surface area contributed by atoms with E-state index in [0.29, 0.717) is 23.2 Å². The van der Waals surface area contributed by atoms with Gasteiger partial charge in [-0.15, -0.1) is 11.3 Å². The maximum Gasteiger partial charge on any atom is 0.280 e. The molecule has 1 fully saturated rings. The van der Waals surface area contributed by atoms with Crippen LogP contribution in [0, 0.1) is 12.8 Å². The van der Waals surface area contributed by atoms with Crippen LogP contribution in [0.2, 0.25) is 0 Å². The predicted molar refractivity (Wildman–Crippen MR) is 137 cm³/mol. The fourth-order valence-electron chi connectivity index (χ4n) is 5.25. The van der Waals surface area contributed by atoms with Crippen molar-refractivity contribution in [2.45, 2.75) is 51.2 Å². The van der Waals surface area contributed by atoms with Crippen LogP contribution in [-0.4, -0.2) is 66.1 Å². The molecular weight excluding hydrogens is 462 g/mol. The fourth-order valence-corrected chi connectivity index (χ4v) is 6.34. The number of H-pyrrole nitrogens is 1. The lowest BCUT2D eigenvalue weighted by molar-refractivity contribution is 0.0778. The molecular formula is C26H33N5O3S. The van der Waals surface area contributed by atoms with Crippen molar-refractivity contribution < 1.29 is 14.3 Å². The number of aromatic amines is 1. The molecule has 9 heteroatoms. The van der Waals surface area contributed by atoms with Crippen molar-refractivity contribution >= 4 is 34.1 Å². The Bertz CT molecular complexity index is 1240. The van der Waals surface area contributed by atoms with Gasteiger partial charge in [0.15, 0.2) is 5.01 Å². The Morgan fingerprint density at radius 1 is 1.20 bits per heavy atom. The maximum atomic E-state index is 13.2. The number of hydrogen-bond donors (Lipinski definition) is 3. The first-order valence-corrected chi connectivity index (χ1v) is 13.1. The molecule has 3 N–H and O–H groups in total. The third-order valence-corrected chi connectivity index (χ3v) is 8.21. The number of likely N-dealkylation sites (N-methyl/N-ethyl adjacent to an activating group) is 1. The normalized spacial score (nSPS) is 22.7. The first kappa shape index (κ1) is 24.0. The summed E-state index contributed by atoms with van der Waals surface area (Å²) in [7, 11) is 3.79. The second-order valence-electron chi connectivity index (χ2n) is 9.94. The molecule has 8 nitrogen and oxygen atoms in total. The molecule has 1 aliphatic heterocycles. The summed E-state index contributed by atoms with van der Waals surface area (Å²) in [5.74, 6) is 0.0316. The molecule has 3 atom stereocenters. The molecule has 2 aromatic heterocycles. The number of benzene rings is 1. The molecule has 3 heterocycles. The summed E-state index contributed by atoms with van der Waals surface area (Å²) in [6.45, 7) is 4.48. The van der Waals surface area contributed by atoms with E-state index in [-0.39, 0.29) is 23.9 Å². The van der Waals surface area contributed by atoms with Crippen molar-refractivity contribution in [3.8, 4) is 0 Å². The Morgan fingerprint density at radius 2 is 2.03 bits per heavy atom. The first-order valence-electron chi connectivity index (χ1n) is 12.3. The standard InChI is InChI=1S/C26H33N5O3S/c1-15-4-6-18-17(10-15)12-22(27-18)24(32)28-19-7-5-16(14-34-3)11-21(19)29-25(33)26-30-20-8-9-31(2)13-23(20)35-26/h4,6,10,12,16,19,21,27H,5,7-9,11,13-14H2,1-3H3,(H,28,32)(H,29,33)/t16-,19-,21+/m0/s1. The summed E-state index contributed by atoms with van der Waals surface area (Å²) in [4.78, 5) is 37.6. The van der Waals surface area contributed by atoms with Gasteiger partial charge in [0.25, 0.3) is 11.8 Å². The highest BCUT2D eigenvalue weighted by atomic mass is 32.1. The van der Waals surface area contributed by atoms with E-state index in [2.05, 4.69) is 38.6 Å². The van der Waals surface area contributed by atoms with Gasteiger partial charge in [0, 0.05) is 61.1 Å². The Labute approximate surface area is 209 Å². The van der Waals surface area contributed by atoms with Gasteiger partial charge < -0.3 is 25.3 Å². The fraction of sp³-hybridized carbons (Fsp3) is 0.500. The summed E-state index contributed by atoms with van der Waals surface area (Å²) >= 11 is 1.48. The first-order chi connectivity index (χ1) is 16.9. The molecule has 1 saturated carbocycles. The summed E-state index contributed by atoms with van der Waals surface area (Å²) in [6.07, 6.45) is 3.35. The predicted octanol–water partition coefficient (Wildman–Crippen LogP) is 3.26. The monoisotopic (exact) mass is 495 g/mol. The quantitative estimate of drug-likeness (QED) is 0.488. The zero-order valence-electron chi connectivity index (χ0n) is 20.5. The number of amides is 2. The van der Waals surface area contributed by atoms with Crippen molar-refractivity contribution in [2.75, 3.05) is 27.3 Å². The largest absolute Gasteiger partial charge is 0.384 e.